The van der Waals surface area contributed by atoms with E-state index in [-0.39, 0.29) is 18.6 Å². The minimum atomic E-state index is -0.604. The Bertz CT molecular complexity index is 331. The van der Waals surface area contributed by atoms with Crippen LogP contribution in [0.5, 0.6) is 5.75 Å². The van der Waals surface area contributed by atoms with Crippen molar-refractivity contribution >= 4 is 0 Å². The standard InChI is InChI=1S/C13H21NO2/c1-13(2,3)11-6-4-5-7-12(11)16-9-10(15)8-14/h4-7,10,15H,8-9,14H2,1-3H3. The highest BCUT2D eigenvalue weighted by Crippen LogP contribution is 2.30. The van der Waals surface area contributed by atoms with Gasteiger partial charge in [-0.15, -0.1) is 0 Å². The lowest BCUT2D eigenvalue weighted by Crippen LogP contribution is -2.27. The van der Waals surface area contributed by atoms with Gasteiger partial charge in [-0.2, -0.15) is 0 Å². The van der Waals surface area contributed by atoms with Crippen LogP contribution >= 0.6 is 0 Å². The molecule has 0 saturated heterocycles. The molecule has 0 amide bonds. The Morgan fingerprint density at radius 1 is 1.31 bits per heavy atom. The number of rotatable bonds is 4. The Hall–Kier alpha value is -1.06. The molecule has 0 fully saturated rings. The van der Waals surface area contributed by atoms with Gasteiger partial charge in [0.05, 0.1) is 0 Å². The highest BCUT2D eigenvalue weighted by molar-refractivity contribution is 5.38. The van der Waals surface area contributed by atoms with E-state index >= 15 is 0 Å². The maximum Gasteiger partial charge on any atom is 0.123 e. The van der Waals surface area contributed by atoms with Crippen LogP contribution in [-0.4, -0.2) is 24.4 Å². The number of para-hydroxylation sites is 1. The molecule has 0 heterocycles. The van der Waals surface area contributed by atoms with Crippen molar-refractivity contribution in [1.29, 1.82) is 0 Å². The molecule has 1 rings (SSSR count). The van der Waals surface area contributed by atoms with Gasteiger partial charge in [0, 0.05) is 6.54 Å². The summed E-state index contributed by atoms with van der Waals surface area (Å²) in [5.41, 5.74) is 6.50. The molecule has 90 valence electrons. The highest BCUT2D eigenvalue weighted by Gasteiger charge is 2.18. The number of hydrogen-bond donors (Lipinski definition) is 2. The van der Waals surface area contributed by atoms with Crippen LogP contribution in [0.25, 0.3) is 0 Å². The number of ether oxygens (including phenoxy) is 1. The molecule has 3 N–H and O–H groups in total. The zero-order valence-electron chi connectivity index (χ0n) is 10.2. The topological polar surface area (TPSA) is 55.5 Å². The Morgan fingerprint density at radius 3 is 2.50 bits per heavy atom. The summed E-state index contributed by atoms with van der Waals surface area (Å²) in [5.74, 6) is 0.822. The predicted octanol–water partition coefficient (Wildman–Crippen LogP) is 1.68. The molecule has 1 unspecified atom stereocenters. The number of benzene rings is 1. The van der Waals surface area contributed by atoms with E-state index in [4.69, 9.17) is 10.5 Å². The third-order valence-electron chi connectivity index (χ3n) is 2.40. The SMILES string of the molecule is CC(C)(C)c1ccccc1OCC(O)CN. The van der Waals surface area contributed by atoms with E-state index in [9.17, 15) is 5.11 Å². The van der Waals surface area contributed by atoms with Crippen LogP contribution in [0.15, 0.2) is 24.3 Å². The van der Waals surface area contributed by atoms with E-state index in [1.807, 2.05) is 24.3 Å². The summed E-state index contributed by atoms with van der Waals surface area (Å²) in [6.45, 7) is 6.86. The lowest BCUT2D eigenvalue weighted by Gasteiger charge is -2.23. The van der Waals surface area contributed by atoms with Gasteiger partial charge in [-0.1, -0.05) is 39.0 Å². The van der Waals surface area contributed by atoms with Crippen molar-refractivity contribution in [3.63, 3.8) is 0 Å². The summed E-state index contributed by atoms with van der Waals surface area (Å²) in [5, 5.41) is 9.36. The molecule has 0 aliphatic carbocycles. The van der Waals surface area contributed by atoms with Gasteiger partial charge in [0.1, 0.15) is 18.5 Å². The van der Waals surface area contributed by atoms with Gasteiger partial charge in [-0.05, 0) is 17.0 Å². The lowest BCUT2D eigenvalue weighted by molar-refractivity contribution is 0.113. The van der Waals surface area contributed by atoms with Crippen LogP contribution in [-0.2, 0) is 5.41 Å². The van der Waals surface area contributed by atoms with E-state index in [0.29, 0.717) is 0 Å². The van der Waals surface area contributed by atoms with Crippen LogP contribution in [0.1, 0.15) is 26.3 Å². The first-order chi connectivity index (χ1) is 7.45. The van der Waals surface area contributed by atoms with E-state index in [1.54, 1.807) is 0 Å². The number of hydrogen-bond acceptors (Lipinski definition) is 3. The summed E-state index contributed by atoms with van der Waals surface area (Å²) in [7, 11) is 0. The van der Waals surface area contributed by atoms with Crippen LogP contribution in [0.3, 0.4) is 0 Å². The first kappa shape index (κ1) is 13.0. The number of nitrogens with two attached hydrogens (primary N) is 1. The van der Waals surface area contributed by atoms with Gasteiger partial charge in [0.2, 0.25) is 0 Å². The second-order valence-electron chi connectivity index (χ2n) is 4.95. The fraction of sp³-hybridized carbons (Fsp3) is 0.538. The number of aliphatic hydroxyl groups excluding tert-OH is 1. The molecule has 0 radical (unpaired) electrons. The van der Waals surface area contributed by atoms with Crippen molar-refractivity contribution in [1.82, 2.24) is 0 Å². The van der Waals surface area contributed by atoms with Crippen molar-refractivity contribution < 1.29 is 9.84 Å². The third-order valence-corrected chi connectivity index (χ3v) is 2.40. The molecule has 0 aromatic heterocycles. The minimum absolute atomic E-state index is 0.0320. The lowest BCUT2D eigenvalue weighted by atomic mass is 9.86. The van der Waals surface area contributed by atoms with Gasteiger partial charge < -0.3 is 15.6 Å². The van der Waals surface area contributed by atoms with Crippen LogP contribution in [0.4, 0.5) is 0 Å². The molecular weight excluding hydrogens is 202 g/mol. The number of aliphatic hydroxyl groups is 1. The van der Waals surface area contributed by atoms with E-state index in [2.05, 4.69) is 20.8 Å². The summed E-state index contributed by atoms with van der Waals surface area (Å²) in [6, 6.07) is 7.89. The van der Waals surface area contributed by atoms with Crippen molar-refractivity contribution in [3.8, 4) is 5.75 Å². The Morgan fingerprint density at radius 2 is 1.94 bits per heavy atom. The summed E-state index contributed by atoms with van der Waals surface area (Å²) < 4.78 is 5.59. The first-order valence-electron chi connectivity index (χ1n) is 5.55. The average molecular weight is 223 g/mol. The molecule has 0 aliphatic heterocycles. The quantitative estimate of drug-likeness (QED) is 0.816. The molecule has 1 aromatic rings. The average Bonchev–Trinajstić information content (AvgIpc) is 2.25. The van der Waals surface area contributed by atoms with Gasteiger partial charge in [0.15, 0.2) is 0 Å². The van der Waals surface area contributed by atoms with Crippen LogP contribution in [0, 0.1) is 0 Å². The van der Waals surface area contributed by atoms with Crippen LogP contribution in [0.2, 0.25) is 0 Å². The largest absolute Gasteiger partial charge is 0.491 e. The molecule has 1 atom stereocenters. The van der Waals surface area contributed by atoms with Gasteiger partial charge >= 0.3 is 0 Å². The summed E-state index contributed by atoms with van der Waals surface area (Å²) in [4.78, 5) is 0. The highest BCUT2D eigenvalue weighted by atomic mass is 16.5. The fourth-order valence-electron chi connectivity index (χ4n) is 1.47. The molecule has 0 aliphatic rings. The molecule has 0 spiro atoms. The van der Waals surface area contributed by atoms with Gasteiger partial charge in [-0.3, -0.25) is 0 Å². The molecule has 1 aromatic carbocycles. The summed E-state index contributed by atoms with van der Waals surface area (Å²) in [6.07, 6.45) is -0.604. The van der Waals surface area contributed by atoms with Crippen molar-refractivity contribution in [2.24, 2.45) is 5.73 Å². The maximum atomic E-state index is 9.36. The molecule has 0 bridgehead atoms. The Labute approximate surface area is 97.2 Å². The van der Waals surface area contributed by atoms with Crippen molar-refractivity contribution in [2.75, 3.05) is 13.2 Å². The molecular formula is C13H21NO2. The normalized spacial score (nSPS) is 13.6. The Balaban J connectivity index is 2.80. The van der Waals surface area contributed by atoms with E-state index in [1.165, 1.54) is 0 Å². The molecule has 16 heavy (non-hydrogen) atoms. The minimum Gasteiger partial charge on any atom is -0.491 e. The Kier molecular flexibility index (Phi) is 4.33. The molecule has 0 saturated carbocycles. The second kappa shape index (κ2) is 5.32. The monoisotopic (exact) mass is 223 g/mol. The first-order valence-corrected chi connectivity index (χ1v) is 5.55. The summed E-state index contributed by atoms with van der Waals surface area (Å²) >= 11 is 0. The van der Waals surface area contributed by atoms with Crippen molar-refractivity contribution in [3.05, 3.63) is 29.8 Å². The van der Waals surface area contributed by atoms with E-state index < -0.39 is 6.10 Å². The fourth-order valence-corrected chi connectivity index (χ4v) is 1.47. The molecule has 3 heteroatoms. The maximum absolute atomic E-state index is 9.36. The van der Waals surface area contributed by atoms with Gasteiger partial charge in [0.25, 0.3) is 0 Å². The zero-order valence-corrected chi connectivity index (χ0v) is 10.2. The predicted molar refractivity (Wildman–Crippen MR) is 65.7 cm³/mol. The molecule has 3 nitrogen and oxygen atoms in total. The zero-order chi connectivity index (χ0) is 12.2. The second-order valence-corrected chi connectivity index (χ2v) is 4.95. The van der Waals surface area contributed by atoms with Crippen LogP contribution < -0.4 is 10.5 Å². The smallest absolute Gasteiger partial charge is 0.123 e. The van der Waals surface area contributed by atoms with E-state index in [0.717, 1.165) is 11.3 Å². The van der Waals surface area contributed by atoms with Crippen molar-refractivity contribution in [2.45, 2.75) is 32.3 Å². The van der Waals surface area contributed by atoms with Gasteiger partial charge in [-0.25, -0.2) is 0 Å². The third kappa shape index (κ3) is 3.51.